The first-order valence-electron chi connectivity index (χ1n) is 11.5. The minimum Gasteiger partial charge on any atom is -0.496 e. The molecule has 33 heavy (non-hydrogen) atoms. The van der Waals surface area contributed by atoms with E-state index in [0.29, 0.717) is 29.3 Å². The van der Waals surface area contributed by atoms with Gasteiger partial charge in [-0.25, -0.2) is 0 Å². The maximum Gasteiger partial charge on any atom is 0.291 e. The summed E-state index contributed by atoms with van der Waals surface area (Å²) in [6.07, 6.45) is 5.12. The summed E-state index contributed by atoms with van der Waals surface area (Å²) < 4.78 is 11.1. The molecular weight excluding hydrogens is 418 g/mol. The van der Waals surface area contributed by atoms with Gasteiger partial charge in [-0.15, -0.1) is 0 Å². The van der Waals surface area contributed by atoms with E-state index in [1.807, 2.05) is 24.3 Å². The number of ether oxygens (including phenoxy) is 2. The standard InChI is InChI=1S/C26H31N3O4/c1-18-7-5-13-29(17-18)14-6-12-27-25(30)20-10-11-23-21(15-20)28-26(31)24(33-23)16-19-8-3-4-9-22(19)32-2/h3-4,8-11,15-16,18H,5-7,12-14,17H2,1-2H3,(H,27,30)(H,28,31). The molecule has 0 aromatic heterocycles. The molecule has 2 amide bonds. The summed E-state index contributed by atoms with van der Waals surface area (Å²) in [5, 5.41) is 5.80. The zero-order valence-corrected chi connectivity index (χ0v) is 19.2. The molecule has 174 valence electrons. The molecule has 0 aliphatic carbocycles. The van der Waals surface area contributed by atoms with E-state index in [2.05, 4.69) is 22.5 Å². The van der Waals surface area contributed by atoms with E-state index in [9.17, 15) is 9.59 Å². The normalized spacial score (nSPS) is 19.4. The Morgan fingerprint density at radius 3 is 2.97 bits per heavy atom. The lowest BCUT2D eigenvalue weighted by Crippen LogP contribution is -2.36. The Morgan fingerprint density at radius 2 is 2.15 bits per heavy atom. The monoisotopic (exact) mass is 449 g/mol. The van der Waals surface area contributed by atoms with Gasteiger partial charge >= 0.3 is 0 Å². The predicted octanol–water partition coefficient (Wildman–Crippen LogP) is 3.92. The molecule has 2 aromatic carbocycles. The summed E-state index contributed by atoms with van der Waals surface area (Å²) in [4.78, 5) is 27.6. The fraction of sp³-hybridized carbons (Fsp3) is 0.385. The lowest BCUT2D eigenvalue weighted by atomic mass is 10.0. The van der Waals surface area contributed by atoms with Crippen LogP contribution in [0.3, 0.4) is 0 Å². The zero-order valence-electron chi connectivity index (χ0n) is 19.2. The van der Waals surface area contributed by atoms with Crippen LogP contribution in [0, 0.1) is 5.92 Å². The molecule has 2 heterocycles. The van der Waals surface area contributed by atoms with E-state index < -0.39 is 0 Å². The highest BCUT2D eigenvalue weighted by molar-refractivity contribution is 6.09. The van der Waals surface area contributed by atoms with Gasteiger partial charge in [0.2, 0.25) is 0 Å². The first kappa shape index (κ1) is 22.9. The van der Waals surface area contributed by atoms with E-state index in [1.54, 1.807) is 31.4 Å². The number of piperidine rings is 1. The molecule has 0 saturated carbocycles. The van der Waals surface area contributed by atoms with Crippen molar-refractivity contribution in [2.24, 2.45) is 5.92 Å². The van der Waals surface area contributed by atoms with Gasteiger partial charge in [0.05, 0.1) is 12.8 Å². The summed E-state index contributed by atoms with van der Waals surface area (Å²) in [7, 11) is 1.58. The number of hydrogen-bond donors (Lipinski definition) is 2. The minimum absolute atomic E-state index is 0.158. The highest BCUT2D eigenvalue weighted by Crippen LogP contribution is 2.33. The Hall–Kier alpha value is -3.32. The van der Waals surface area contributed by atoms with E-state index in [4.69, 9.17) is 9.47 Å². The van der Waals surface area contributed by atoms with Crippen LogP contribution in [0.15, 0.2) is 48.2 Å². The number of carbonyl (C=O) groups is 2. The van der Waals surface area contributed by atoms with Crippen LogP contribution in [0.25, 0.3) is 6.08 Å². The van der Waals surface area contributed by atoms with Crippen molar-refractivity contribution < 1.29 is 19.1 Å². The van der Waals surface area contributed by atoms with Crippen LogP contribution in [0.5, 0.6) is 11.5 Å². The van der Waals surface area contributed by atoms with Crippen molar-refractivity contribution >= 4 is 23.6 Å². The number of anilines is 1. The molecule has 0 spiro atoms. The molecule has 7 heteroatoms. The number of methoxy groups -OCH3 is 1. The Balaban J connectivity index is 1.35. The van der Waals surface area contributed by atoms with E-state index >= 15 is 0 Å². The lowest BCUT2D eigenvalue weighted by Gasteiger charge is -2.30. The SMILES string of the molecule is COc1ccccc1C=C1Oc2ccc(C(=O)NCCCN3CCCC(C)C3)cc2NC1=O. The second-order valence-electron chi connectivity index (χ2n) is 8.68. The number of benzene rings is 2. The topological polar surface area (TPSA) is 79.9 Å². The quantitative estimate of drug-likeness (QED) is 0.495. The molecule has 2 aliphatic rings. The number of para-hydroxylation sites is 1. The summed E-state index contributed by atoms with van der Waals surface area (Å²) in [6.45, 7) is 6.21. The van der Waals surface area contributed by atoms with Crippen molar-refractivity contribution in [1.82, 2.24) is 10.2 Å². The number of rotatable bonds is 7. The minimum atomic E-state index is -0.373. The number of hydrogen-bond acceptors (Lipinski definition) is 5. The molecule has 2 aromatic rings. The summed E-state index contributed by atoms with van der Waals surface area (Å²) in [5.74, 6) is 1.53. The van der Waals surface area contributed by atoms with Gasteiger partial charge in [-0.05, 0) is 68.6 Å². The van der Waals surface area contributed by atoms with E-state index in [1.165, 1.54) is 12.8 Å². The smallest absolute Gasteiger partial charge is 0.291 e. The fourth-order valence-electron chi connectivity index (χ4n) is 4.32. The average molecular weight is 450 g/mol. The van der Waals surface area contributed by atoms with Crippen LogP contribution in [-0.4, -0.2) is 50.0 Å². The van der Waals surface area contributed by atoms with Gasteiger partial charge in [0.1, 0.15) is 5.75 Å². The van der Waals surface area contributed by atoms with Crippen molar-refractivity contribution in [2.75, 3.05) is 38.6 Å². The van der Waals surface area contributed by atoms with Gasteiger partial charge in [-0.3, -0.25) is 9.59 Å². The van der Waals surface area contributed by atoms with Crippen LogP contribution in [0.2, 0.25) is 0 Å². The Morgan fingerprint density at radius 1 is 1.30 bits per heavy atom. The molecule has 4 rings (SSSR count). The molecule has 1 atom stereocenters. The first-order chi connectivity index (χ1) is 16.0. The number of nitrogens with one attached hydrogen (secondary N) is 2. The van der Waals surface area contributed by atoms with Crippen molar-refractivity contribution in [1.29, 1.82) is 0 Å². The maximum absolute atomic E-state index is 12.6. The van der Waals surface area contributed by atoms with Gasteiger partial charge in [0.15, 0.2) is 11.5 Å². The van der Waals surface area contributed by atoms with Crippen molar-refractivity contribution in [3.05, 3.63) is 59.4 Å². The largest absolute Gasteiger partial charge is 0.496 e. The van der Waals surface area contributed by atoms with Crippen LogP contribution >= 0.6 is 0 Å². The molecular formula is C26H31N3O4. The van der Waals surface area contributed by atoms with Crippen molar-refractivity contribution in [2.45, 2.75) is 26.2 Å². The highest BCUT2D eigenvalue weighted by Gasteiger charge is 2.24. The van der Waals surface area contributed by atoms with Gasteiger partial charge < -0.3 is 25.0 Å². The predicted molar refractivity (Wildman–Crippen MR) is 128 cm³/mol. The Kier molecular flexibility index (Phi) is 7.29. The number of fused-ring (bicyclic) bond motifs is 1. The third kappa shape index (κ3) is 5.73. The summed E-state index contributed by atoms with van der Waals surface area (Å²) in [5.41, 5.74) is 1.71. The Labute approximate surface area is 194 Å². The van der Waals surface area contributed by atoms with E-state index in [0.717, 1.165) is 37.5 Å². The van der Waals surface area contributed by atoms with Crippen molar-refractivity contribution in [3.8, 4) is 11.5 Å². The maximum atomic E-state index is 12.6. The Bertz CT molecular complexity index is 1050. The van der Waals surface area contributed by atoms with Gasteiger partial charge in [0.25, 0.3) is 11.8 Å². The van der Waals surface area contributed by atoms with Crippen LogP contribution in [0.1, 0.15) is 42.1 Å². The van der Waals surface area contributed by atoms with Crippen LogP contribution in [0.4, 0.5) is 5.69 Å². The van der Waals surface area contributed by atoms with Gasteiger partial charge in [-0.1, -0.05) is 25.1 Å². The summed E-state index contributed by atoms with van der Waals surface area (Å²) in [6, 6.07) is 12.4. The highest BCUT2D eigenvalue weighted by atomic mass is 16.5. The second-order valence-corrected chi connectivity index (χ2v) is 8.68. The second kappa shape index (κ2) is 10.5. The molecule has 7 nitrogen and oxygen atoms in total. The molecule has 0 bridgehead atoms. The number of amides is 2. The average Bonchev–Trinajstić information content (AvgIpc) is 2.82. The first-order valence-corrected chi connectivity index (χ1v) is 11.5. The zero-order chi connectivity index (χ0) is 23.2. The van der Waals surface area contributed by atoms with E-state index in [-0.39, 0.29) is 17.6 Å². The third-order valence-electron chi connectivity index (χ3n) is 6.04. The van der Waals surface area contributed by atoms with Crippen LogP contribution in [-0.2, 0) is 4.79 Å². The van der Waals surface area contributed by atoms with Crippen LogP contribution < -0.4 is 20.1 Å². The molecule has 1 saturated heterocycles. The molecule has 2 aliphatic heterocycles. The molecule has 1 fully saturated rings. The van der Waals surface area contributed by atoms with Gasteiger partial charge in [0, 0.05) is 24.2 Å². The molecule has 2 N–H and O–H groups in total. The number of carbonyl (C=O) groups excluding carboxylic acids is 2. The van der Waals surface area contributed by atoms with Gasteiger partial charge in [-0.2, -0.15) is 0 Å². The third-order valence-corrected chi connectivity index (χ3v) is 6.04. The fourth-order valence-corrected chi connectivity index (χ4v) is 4.32. The molecule has 0 radical (unpaired) electrons. The summed E-state index contributed by atoms with van der Waals surface area (Å²) >= 11 is 0. The number of nitrogens with zero attached hydrogens (tertiary/aromatic N) is 1. The lowest BCUT2D eigenvalue weighted by molar-refractivity contribution is -0.115. The molecule has 1 unspecified atom stereocenters. The number of likely N-dealkylation sites (tertiary alicyclic amines) is 1. The van der Waals surface area contributed by atoms with Crippen molar-refractivity contribution in [3.63, 3.8) is 0 Å².